The summed E-state index contributed by atoms with van der Waals surface area (Å²) in [5.41, 5.74) is 0.660. The molecule has 0 spiro atoms. The molecule has 0 saturated heterocycles. The number of rotatable bonds is 6. The van der Waals surface area contributed by atoms with E-state index >= 15 is 0 Å². The number of hydrogen-bond acceptors (Lipinski definition) is 4. The highest BCUT2D eigenvalue weighted by molar-refractivity contribution is 6.34. The molecule has 0 aliphatic carbocycles. The van der Waals surface area contributed by atoms with Crippen LogP contribution in [-0.4, -0.2) is 32.6 Å². The number of nitrogens with one attached hydrogen (secondary N) is 2. The molecule has 0 bridgehead atoms. The second-order valence-electron chi connectivity index (χ2n) is 4.90. The molecule has 2 N–H and O–H groups in total. The number of halogens is 2. The molecular formula is C17H16Cl2N2O4. The van der Waals surface area contributed by atoms with Crippen molar-refractivity contribution in [2.75, 3.05) is 26.1 Å². The van der Waals surface area contributed by atoms with Crippen molar-refractivity contribution >= 4 is 40.7 Å². The van der Waals surface area contributed by atoms with Crippen LogP contribution >= 0.6 is 23.2 Å². The van der Waals surface area contributed by atoms with Gasteiger partial charge in [-0.15, -0.1) is 0 Å². The van der Waals surface area contributed by atoms with Crippen LogP contribution in [0.25, 0.3) is 0 Å². The Morgan fingerprint density at radius 2 is 1.68 bits per heavy atom. The molecule has 2 aromatic carbocycles. The molecule has 132 valence electrons. The summed E-state index contributed by atoms with van der Waals surface area (Å²) in [6.45, 7) is -0.239. The number of ether oxygens (including phenoxy) is 2. The predicted molar refractivity (Wildman–Crippen MR) is 97.0 cm³/mol. The largest absolute Gasteiger partial charge is 0.495 e. The van der Waals surface area contributed by atoms with E-state index in [-0.39, 0.29) is 6.54 Å². The first-order valence-electron chi connectivity index (χ1n) is 7.20. The van der Waals surface area contributed by atoms with Crippen LogP contribution in [0.3, 0.4) is 0 Å². The Hall–Kier alpha value is -2.44. The van der Waals surface area contributed by atoms with Crippen LogP contribution in [0.1, 0.15) is 10.4 Å². The quantitative estimate of drug-likeness (QED) is 0.802. The van der Waals surface area contributed by atoms with Gasteiger partial charge in [0, 0.05) is 6.07 Å². The molecule has 0 heterocycles. The van der Waals surface area contributed by atoms with Gasteiger partial charge in [-0.2, -0.15) is 0 Å². The summed E-state index contributed by atoms with van der Waals surface area (Å²) in [7, 11) is 2.93. The summed E-state index contributed by atoms with van der Waals surface area (Å²) in [6, 6.07) is 9.63. The van der Waals surface area contributed by atoms with Crippen LogP contribution in [0.5, 0.6) is 11.5 Å². The summed E-state index contributed by atoms with van der Waals surface area (Å²) in [5.74, 6) is -0.0871. The summed E-state index contributed by atoms with van der Waals surface area (Å²) in [5, 5.41) is 5.75. The SMILES string of the molecule is COc1cc(OC)c(NC(=O)CNC(=O)c2ccccc2Cl)cc1Cl. The molecule has 0 atom stereocenters. The van der Waals surface area contributed by atoms with Crippen LogP contribution in [0.15, 0.2) is 36.4 Å². The standard InChI is InChI=1S/C17H16Cl2N2O4/c1-24-14-8-15(25-2)13(7-12(14)19)21-16(22)9-20-17(23)10-5-3-4-6-11(10)18/h3-8H,9H2,1-2H3,(H,20,23)(H,21,22). The molecule has 8 heteroatoms. The molecule has 2 rings (SSSR count). The van der Waals surface area contributed by atoms with Crippen LogP contribution in [0.4, 0.5) is 5.69 Å². The van der Waals surface area contributed by atoms with Crippen LogP contribution in [-0.2, 0) is 4.79 Å². The van der Waals surface area contributed by atoms with E-state index in [4.69, 9.17) is 32.7 Å². The average Bonchev–Trinajstić information content (AvgIpc) is 2.60. The number of benzene rings is 2. The van der Waals surface area contributed by atoms with Crippen molar-refractivity contribution in [2.45, 2.75) is 0 Å². The van der Waals surface area contributed by atoms with Gasteiger partial charge in [-0.05, 0) is 18.2 Å². The maximum absolute atomic E-state index is 12.1. The second-order valence-corrected chi connectivity index (χ2v) is 5.71. The molecule has 0 aromatic heterocycles. The Kier molecular flexibility index (Phi) is 6.50. The van der Waals surface area contributed by atoms with Crippen LogP contribution in [0.2, 0.25) is 10.0 Å². The smallest absolute Gasteiger partial charge is 0.253 e. The zero-order chi connectivity index (χ0) is 18.4. The number of carbonyl (C=O) groups excluding carboxylic acids is 2. The zero-order valence-corrected chi connectivity index (χ0v) is 15.1. The summed E-state index contributed by atoms with van der Waals surface area (Å²) in [4.78, 5) is 24.1. The van der Waals surface area contributed by atoms with Crippen molar-refractivity contribution in [3.63, 3.8) is 0 Å². The lowest BCUT2D eigenvalue weighted by Crippen LogP contribution is -2.33. The van der Waals surface area contributed by atoms with Gasteiger partial charge in [-0.1, -0.05) is 35.3 Å². The highest BCUT2D eigenvalue weighted by Gasteiger charge is 2.14. The first kappa shape index (κ1) is 18.9. The van der Waals surface area contributed by atoms with Gasteiger partial charge in [0.15, 0.2) is 0 Å². The summed E-state index contributed by atoms with van der Waals surface area (Å²) < 4.78 is 10.3. The molecule has 2 aromatic rings. The van der Waals surface area contributed by atoms with Crippen molar-refractivity contribution in [3.8, 4) is 11.5 Å². The fraction of sp³-hybridized carbons (Fsp3) is 0.176. The van der Waals surface area contributed by atoms with E-state index in [1.165, 1.54) is 20.3 Å². The van der Waals surface area contributed by atoms with Gasteiger partial charge in [-0.3, -0.25) is 9.59 Å². The Balaban J connectivity index is 2.02. The molecule has 0 fully saturated rings. The lowest BCUT2D eigenvalue weighted by molar-refractivity contribution is -0.115. The third-order valence-electron chi connectivity index (χ3n) is 3.28. The number of anilines is 1. The van der Waals surface area contributed by atoms with E-state index < -0.39 is 11.8 Å². The molecule has 0 aliphatic heterocycles. The minimum absolute atomic E-state index is 0.239. The van der Waals surface area contributed by atoms with E-state index in [0.29, 0.717) is 32.8 Å². The highest BCUT2D eigenvalue weighted by atomic mass is 35.5. The third-order valence-corrected chi connectivity index (χ3v) is 3.90. The van der Waals surface area contributed by atoms with Gasteiger partial charge in [0.05, 0.1) is 42.1 Å². The number of carbonyl (C=O) groups is 2. The zero-order valence-electron chi connectivity index (χ0n) is 13.6. The lowest BCUT2D eigenvalue weighted by atomic mass is 10.2. The third kappa shape index (κ3) is 4.78. The molecule has 0 unspecified atom stereocenters. The van der Waals surface area contributed by atoms with Crippen molar-refractivity contribution in [1.29, 1.82) is 0 Å². The Morgan fingerprint density at radius 3 is 2.32 bits per heavy atom. The van der Waals surface area contributed by atoms with Crippen molar-refractivity contribution in [1.82, 2.24) is 5.32 Å². The van der Waals surface area contributed by atoms with E-state index in [0.717, 1.165) is 0 Å². The topological polar surface area (TPSA) is 76.7 Å². The summed E-state index contributed by atoms with van der Waals surface area (Å²) >= 11 is 12.0. The van der Waals surface area contributed by atoms with Gasteiger partial charge in [-0.25, -0.2) is 0 Å². The number of methoxy groups -OCH3 is 2. The van der Waals surface area contributed by atoms with Crippen molar-refractivity contribution < 1.29 is 19.1 Å². The van der Waals surface area contributed by atoms with Crippen LogP contribution in [0, 0.1) is 0 Å². The monoisotopic (exact) mass is 382 g/mol. The Bertz CT molecular complexity index is 796. The normalized spacial score (nSPS) is 10.1. The van der Waals surface area contributed by atoms with E-state index in [1.807, 2.05) is 0 Å². The average molecular weight is 383 g/mol. The predicted octanol–water partition coefficient (Wildman–Crippen LogP) is 3.38. The summed E-state index contributed by atoms with van der Waals surface area (Å²) in [6.07, 6.45) is 0. The molecule has 6 nitrogen and oxygen atoms in total. The lowest BCUT2D eigenvalue weighted by Gasteiger charge is -2.13. The second kappa shape index (κ2) is 8.60. The fourth-order valence-corrected chi connectivity index (χ4v) is 2.52. The molecule has 25 heavy (non-hydrogen) atoms. The molecule has 0 saturated carbocycles. The van der Waals surface area contributed by atoms with Gasteiger partial charge in [0.25, 0.3) is 5.91 Å². The molecule has 2 amide bonds. The first-order chi connectivity index (χ1) is 12.0. The number of hydrogen-bond donors (Lipinski definition) is 2. The maximum Gasteiger partial charge on any atom is 0.253 e. The molecule has 0 aliphatic rings. The maximum atomic E-state index is 12.1. The van der Waals surface area contributed by atoms with Gasteiger partial charge < -0.3 is 20.1 Å². The Morgan fingerprint density at radius 1 is 1.00 bits per heavy atom. The molecular weight excluding hydrogens is 367 g/mol. The van der Waals surface area contributed by atoms with Crippen LogP contribution < -0.4 is 20.1 Å². The van der Waals surface area contributed by atoms with Crippen molar-refractivity contribution in [2.24, 2.45) is 0 Å². The minimum atomic E-state index is -0.445. The first-order valence-corrected chi connectivity index (χ1v) is 7.96. The van der Waals surface area contributed by atoms with E-state index in [1.54, 1.807) is 30.3 Å². The van der Waals surface area contributed by atoms with Gasteiger partial charge in [0.2, 0.25) is 5.91 Å². The highest BCUT2D eigenvalue weighted by Crippen LogP contribution is 2.35. The van der Waals surface area contributed by atoms with Gasteiger partial charge >= 0.3 is 0 Å². The molecule has 0 radical (unpaired) electrons. The number of amides is 2. The van der Waals surface area contributed by atoms with E-state index in [9.17, 15) is 9.59 Å². The van der Waals surface area contributed by atoms with E-state index in [2.05, 4.69) is 10.6 Å². The van der Waals surface area contributed by atoms with Gasteiger partial charge in [0.1, 0.15) is 11.5 Å². The minimum Gasteiger partial charge on any atom is -0.495 e. The fourth-order valence-electron chi connectivity index (χ4n) is 2.05. The van der Waals surface area contributed by atoms with Crippen molar-refractivity contribution in [3.05, 3.63) is 52.0 Å². The Labute approximate surface area is 155 Å².